The summed E-state index contributed by atoms with van der Waals surface area (Å²) in [5.41, 5.74) is 1.65. The van der Waals surface area contributed by atoms with Crippen molar-refractivity contribution < 1.29 is 22.4 Å². The molecule has 0 radical (unpaired) electrons. The van der Waals surface area contributed by atoms with Crippen LogP contribution >= 0.6 is 11.6 Å². The van der Waals surface area contributed by atoms with Gasteiger partial charge in [0.25, 0.3) is 10.0 Å². The summed E-state index contributed by atoms with van der Waals surface area (Å²) in [5, 5.41) is 3.35. The Balaban J connectivity index is 1.77. The zero-order valence-electron chi connectivity index (χ0n) is 24.4. The zero-order valence-corrected chi connectivity index (χ0v) is 26.0. The minimum absolute atomic E-state index is 0.00554. The van der Waals surface area contributed by atoms with Crippen LogP contribution in [0.15, 0.2) is 114 Å². The summed E-state index contributed by atoms with van der Waals surface area (Å²) in [4.78, 5) is 29.4. The number of sulfonamides is 1. The minimum Gasteiger partial charge on any atom is -0.354 e. The molecule has 10 heteroatoms. The number of halogens is 2. The zero-order chi connectivity index (χ0) is 31.5. The second-order valence-corrected chi connectivity index (χ2v) is 12.6. The van der Waals surface area contributed by atoms with Gasteiger partial charge in [-0.3, -0.25) is 13.9 Å². The number of unbranched alkanes of at least 4 members (excludes halogenated alkanes) is 1. The molecule has 0 unspecified atom stereocenters. The van der Waals surface area contributed by atoms with Gasteiger partial charge in [-0.15, -0.1) is 0 Å². The van der Waals surface area contributed by atoms with Gasteiger partial charge in [0.1, 0.15) is 18.4 Å². The number of benzene rings is 4. The Morgan fingerprint density at radius 2 is 1.45 bits per heavy atom. The average molecular weight is 636 g/mol. The van der Waals surface area contributed by atoms with E-state index in [9.17, 15) is 22.4 Å². The molecule has 0 saturated heterocycles. The molecule has 4 aromatic carbocycles. The van der Waals surface area contributed by atoms with Crippen LogP contribution in [-0.4, -0.2) is 44.3 Å². The third-order valence-corrected chi connectivity index (χ3v) is 9.13. The number of hydrogen-bond acceptors (Lipinski definition) is 4. The van der Waals surface area contributed by atoms with E-state index in [1.165, 1.54) is 41.3 Å². The highest BCUT2D eigenvalue weighted by Gasteiger charge is 2.34. The SMILES string of the molecule is CCCCNC(=O)[C@H](Cc1ccccc1)N(Cc1ccc(F)cc1)C(=O)CN(c1ccc(Cl)cc1)S(=O)(=O)c1ccccc1. The second kappa shape index (κ2) is 15.5. The lowest BCUT2D eigenvalue weighted by Crippen LogP contribution is -2.53. The van der Waals surface area contributed by atoms with Crippen LogP contribution in [0.1, 0.15) is 30.9 Å². The molecule has 0 aliphatic heterocycles. The van der Waals surface area contributed by atoms with Crippen LogP contribution in [0.3, 0.4) is 0 Å². The normalized spacial score (nSPS) is 11.9. The van der Waals surface area contributed by atoms with Crippen LogP contribution in [0, 0.1) is 5.82 Å². The first-order chi connectivity index (χ1) is 21.2. The quantitative estimate of drug-likeness (QED) is 0.166. The summed E-state index contributed by atoms with van der Waals surface area (Å²) in [6, 6.07) is 27.9. The van der Waals surface area contributed by atoms with E-state index in [2.05, 4.69) is 5.32 Å². The van der Waals surface area contributed by atoms with Crippen molar-refractivity contribution in [2.45, 2.75) is 43.7 Å². The lowest BCUT2D eigenvalue weighted by atomic mass is 10.0. The predicted octanol–water partition coefficient (Wildman–Crippen LogP) is 6.23. The predicted molar refractivity (Wildman–Crippen MR) is 171 cm³/mol. The van der Waals surface area contributed by atoms with Crippen molar-refractivity contribution in [3.8, 4) is 0 Å². The molecule has 0 heterocycles. The number of carbonyl (C=O) groups excluding carboxylic acids is 2. The molecule has 2 amide bonds. The smallest absolute Gasteiger partial charge is 0.264 e. The van der Waals surface area contributed by atoms with Crippen molar-refractivity contribution in [3.05, 3.63) is 131 Å². The fourth-order valence-corrected chi connectivity index (χ4v) is 6.26. The monoisotopic (exact) mass is 635 g/mol. The molecule has 0 fully saturated rings. The van der Waals surface area contributed by atoms with Gasteiger partial charge in [-0.05, 0) is 66.1 Å². The number of anilines is 1. The van der Waals surface area contributed by atoms with E-state index in [0.29, 0.717) is 17.1 Å². The molecule has 0 aliphatic rings. The summed E-state index contributed by atoms with van der Waals surface area (Å²) in [6.45, 7) is 1.81. The lowest BCUT2D eigenvalue weighted by molar-refractivity contribution is -0.140. The maximum Gasteiger partial charge on any atom is 0.264 e. The van der Waals surface area contributed by atoms with Crippen LogP contribution < -0.4 is 9.62 Å². The fourth-order valence-electron chi connectivity index (χ4n) is 4.70. The van der Waals surface area contributed by atoms with Crippen molar-refractivity contribution in [1.82, 2.24) is 10.2 Å². The highest BCUT2D eigenvalue weighted by molar-refractivity contribution is 7.92. The van der Waals surface area contributed by atoms with Gasteiger partial charge >= 0.3 is 0 Å². The standard InChI is InChI=1S/C34H35ClFN3O4S/c1-2-3-22-37-34(41)32(23-26-10-6-4-7-11-26)38(24-27-14-18-29(36)19-15-27)33(40)25-39(30-20-16-28(35)17-21-30)44(42,43)31-12-8-5-9-13-31/h4-21,32H,2-3,22-25H2,1H3,(H,37,41)/t32-/m0/s1. The molecule has 0 spiro atoms. The van der Waals surface area contributed by atoms with Crippen molar-refractivity contribution in [3.63, 3.8) is 0 Å². The molecule has 230 valence electrons. The highest BCUT2D eigenvalue weighted by Crippen LogP contribution is 2.26. The van der Waals surface area contributed by atoms with E-state index in [1.54, 1.807) is 42.5 Å². The Kier molecular flexibility index (Phi) is 11.5. The molecule has 7 nitrogen and oxygen atoms in total. The molecular weight excluding hydrogens is 601 g/mol. The Bertz CT molecular complexity index is 1620. The largest absolute Gasteiger partial charge is 0.354 e. The summed E-state index contributed by atoms with van der Waals surface area (Å²) in [6.07, 6.45) is 1.82. The Hall–Kier alpha value is -4.21. The molecule has 0 aromatic heterocycles. The Morgan fingerprint density at radius 3 is 2.07 bits per heavy atom. The molecular formula is C34H35ClFN3O4S. The fraction of sp³-hybridized carbons (Fsp3) is 0.235. The number of carbonyl (C=O) groups is 2. The molecule has 1 N–H and O–H groups in total. The van der Waals surface area contributed by atoms with Crippen molar-refractivity contribution >= 4 is 39.1 Å². The molecule has 1 atom stereocenters. The highest BCUT2D eigenvalue weighted by atomic mass is 35.5. The van der Waals surface area contributed by atoms with Gasteiger partial charge in [0, 0.05) is 24.5 Å². The van der Waals surface area contributed by atoms with Gasteiger partial charge in [-0.25, -0.2) is 12.8 Å². The van der Waals surface area contributed by atoms with E-state index in [4.69, 9.17) is 11.6 Å². The average Bonchev–Trinajstić information content (AvgIpc) is 3.03. The molecule has 4 aromatic rings. The van der Waals surface area contributed by atoms with Crippen molar-refractivity contribution in [1.29, 1.82) is 0 Å². The van der Waals surface area contributed by atoms with Gasteiger partial charge in [0.2, 0.25) is 11.8 Å². The maximum atomic E-state index is 14.3. The van der Waals surface area contributed by atoms with E-state index in [-0.39, 0.29) is 29.5 Å². The minimum atomic E-state index is -4.20. The number of nitrogens with one attached hydrogen (secondary N) is 1. The van der Waals surface area contributed by atoms with Crippen LogP contribution in [-0.2, 0) is 32.6 Å². The molecule has 44 heavy (non-hydrogen) atoms. The van der Waals surface area contributed by atoms with Gasteiger partial charge in [0.15, 0.2) is 0 Å². The van der Waals surface area contributed by atoms with Crippen LogP contribution in [0.25, 0.3) is 0 Å². The number of hydrogen-bond donors (Lipinski definition) is 1. The second-order valence-electron chi connectivity index (χ2n) is 10.3. The van der Waals surface area contributed by atoms with Crippen LogP contribution in [0.5, 0.6) is 0 Å². The van der Waals surface area contributed by atoms with Gasteiger partial charge < -0.3 is 10.2 Å². The molecule has 0 bridgehead atoms. The topological polar surface area (TPSA) is 86.8 Å². The Morgan fingerprint density at radius 1 is 0.841 bits per heavy atom. The Labute approximate surface area is 263 Å². The molecule has 4 rings (SSSR count). The van der Waals surface area contributed by atoms with E-state index in [1.807, 2.05) is 37.3 Å². The summed E-state index contributed by atoms with van der Waals surface area (Å²) in [5.74, 6) is -1.40. The molecule has 0 saturated carbocycles. The van der Waals surface area contributed by atoms with Gasteiger partial charge in [-0.2, -0.15) is 0 Å². The van der Waals surface area contributed by atoms with Crippen molar-refractivity contribution in [2.75, 3.05) is 17.4 Å². The van der Waals surface area contributed by atoms with E-state index in [0.717, 1.165) is 22.7 Å². The summed E-state index contributed by atoms with van der Waals surface area (Å²) >= 11 is 6.10. The first kappa shape index (κ1) is 32.7. The third-order valence-electron chi connectivity index (χ3n) is 7.09. The van der Waals surface area contributed by atoms with E-state index < -0.39 is 34.3 Å². The van der Waals surface area contributed by atoms with E-state index >= 15 is 0 Å². The number of nitrogens with zero attached hydrogens (tertiary/aromatic N) is 2. The third kappa shape index (κ3) is 8.67. The van der Waals surface area contributed by atoms with Gasteiger partial charge in [-0.1, -0.05) is 85.6 Å². The lowest BCUT2D eigenvalue weighted by Gasteiger charge is -2.34. The number of amides is 2. The van der Waals surface area contributed by atoms with Crippen LogP contribution in [0.2, 0.25) is 5.02 Å². The van der Waals surface area contributed by atoms with Crippen molar-refractivity contribution in [2.24, 2.45) is 0 Å². The first-order valence-electron chi connectivity index (χ1n) is 14.4. The summed E-state index contributed by atoms with van der Waals surface area (Å²) in [7, 11) is -4.20. The maximum absolute atomic E-state index is 14.3. The van der Waals surface area contributed by atoms with Gasteiger partial charge in [0.05, 0.1) is 10.6 Å². The first-order valence-corrected chi connectivity index (χ1v) is 16.2. The number of rotatable bonds is 14. The summed E-state index contributed by atoms with van der Waals surface area (Å²) < 4.78 is 42.7. The van der Waals surface area contributed by atoms with Crippen LogP contribution in [0.4, 0.5) is 10.1 Å². The molecule has 0 aliphatic carbocycles.